The Balaban J connectivity index is 4.67. The molecule has 0 radical (unpaired) electrons. The third kappa shape index (κ3) is 10.2. The number of hydrogen-bond acceptors (Lipinski definition) is 7. The number of carboxylic acid groups (broad SMARTS) is 1. The molecule has 136 valence electrons. The molecule has 9 heteroatoms. The predicted octanol–water partition coefficient (Wildman–Crippen LogP) is -1.19. The summed E-state index contributed by atoms with van der Waals surface area (Å²) in [6, 6.07) is 0. The van der Waals surface area contributed by atoms with Crippen LogP contribution in [0.1, 0.15) is 13.3 Å². The normalized spacial score (nSPS) is 15.7. The first kappa shape index (κ1) is 21.7. The number of aliphatic carboxylic acids is 1. The van der Waals surface area contributed by atoms with E-state index in [1.807, 2.05) is 21.1 Å². The number of aliphatic hydroxyl groups excluding tert-OH is 2. The summed E-state index contributed by atoms with van der Waals surface area (Å²) in [4.78, 5) is 22.9. The molecule has 0 bridgehead atoms. The summed E-state index contributed by atoms with van der Waals surface area (Å²) in [6.45, 7) is 1.43. The van der Waals surface area contributed by atoms with Crippen LogP contribution in [0.15, 0.2) is 0 Å². The molecule has 0 aliphatic heterocycles. The van der Waals surface area contributed by atoms with Gasteiger partial charge in [0.05, 0.1) is 41.0 Å². The molecule has 0 rings (SSSR count). The maximum Gasteiger partial charge on any atom is 0.364 e. The minimum Gasteiger partial charge on any atom is -0.479 e. The minimum atomic E-state index is -1.46. The highest BCUT2D eigenvalue weighted by Gasteiger charge is 2.29. The van der Waals surface area contributed by atoms with E-state index in [-0.39, 0.29) is 19.6 Å². The van der Waals surface area contributed by atoms with Crippen LogP contribution in [-0.2, 0) is 23.8 Å². The zero-order valence-electron chi connectivity index (χ0n) is 14.1. The molecule has 23 heavy (non-hydrogen) atoms. The van der Waals surface area contributed by atoms with E-state index in [2.05, 4.69) is 0 Å². The van der Waals surface area contributed by atoms with E-state index in [0.29, 0.717) is 11.0 Å². The molecule has 0 amide bonds. The Hall–Kier alpha value is -1.26. The molecule has 0 aromatic carbocycles. The van der Waals surface area contributed by atoms with Gasteiger partial charge in [-0.15, -0.1) is 0 Å². The smallest absolute Gasteiger partial charge is 0.364 e. The molecular weight excluding hydrogens is 310 g/mol. The van der Waals surface area contributed by atoms with Crippen LogP contribution in [0.4, 0.5) is 0 Å². The molecule has 9 nitrogen and oxygen atoms in total. The standard InChI is InChI=1S/C14H27NO8/c1-5-11(12(18)19)23-13(20)14(22-9-10(17)8-16)21-7-6-15(2,3)4/h10-11,14,16-17H,5-9H2,1-4H3/p+1. The maximum absolute atomic E-state index is 12.0. The first-order valence-electron chi connectivity index (χ1n) is 7.36. The second kappa shape index (κ2) is 10.5. The van der Waals surface area contributed by atoms with Crippen molar-refractivity contribution in [2.75, 3.05) is 47.5 Å². The Morgan fingerprint density at radius 2 is 1.78 bits per heavy atom. The number of hydrogen-bond donors (Lipinski definition) is 3. The highest BCUT2D eigenvalue weighted by Crippen LogP contribution is 2.06. The lowest BCUT2D eigenvalue weighted by Crippen LogP contribution is -2.41. The zero-order chi connectivity index (χ0) is 18.0. The van der Waals surface area contributed by atoms with Crippen LogP contribution in [0, 0.1) is 0 Å². The number of aliphatic hydroxyl groups is 2. The summed E-state index contributed by atoms with van der Waals surface area (Å²) < 4.78 is 15.8. The average molecular weight is 338 g/mol. The lowest BCUT2D eigenvalue weighted by molar-refractivity contribution is -0.870. The van der Waals surface area contributed by atoms with Crippen molar-refractivity contribution < 1.29 is 43.6 Å². The fraction of sp³-hybridized carbons (Fsp3) is 0.857. The van der Waals surface area contributed by atoms with E-state index < -0.39 is 37.0 Å². The van der Waals surface area contributed by atoms with Gasteiger partial charge >= 0.3 is 11.9 Å². The Morgan fingerprint density at radius 1 is 1.17 bits per heavy atom. The van der Waals surface area contributed by atoms with E-state index in [1.165, 1.54) is 0 Å². The number of ether oxygens (including phenoxy) is 3. The minimum absolute atomic E-state index is 0.103. The van der Waals surface area contributed by atoms with Gasteiger partial charge in [0.2, 0.25) is 0 Å². The van der Waals surface area contributed by atoms with Gasteiger partial charge < -0.3 is 34.0 Å². The van der Waals surface area contributed by atoms with Gasteiger partial charge in [0, 0.05) is 0 Å². The van der Waals surface area contributed by atoms with Gasteiger partial charge in [-0.1, -0.05) is 6.92 Å². The van der Waals surface area contributed by atoms with Gasteiger partial charge in [-0.25, -0.2) is 9.59 Å². The van der Waals surface area contributed by atoms with Crippen molar-refractivity contribution in [2.24, 2.45) is 0 Å². The summed E-state index contributed by atoms with van der Waals surface area (Å²) in [5.74, 6) is -2.24. The lowest BCUT2D eigenvalue weighted by Gasteiger charge is -2.25. The van der Waals surface area contributed by atoms with Crippen molar-refractivity contribution in [3.8, 4) is 0 Å². The van der Waals surface area contributed by atoms with Crippen molar-refractivity contribution in [1.29, 1.82) is 0 Å². The summed E-state index contributed by atoms with van der Waals surface area (Å²) in [5.41, 5.74) is 0. The van der Waals surface area contributed by atoms with E-state index in [0.717, 1.165) is 0 Å². The summed E-state index contributed by atoms with van der Waals surface area (Å²) in [7, 11) is 5.81. The van der Waals surface area contributed by atoms with Crippen LogP contribution >= 0.6 is 0 Å². The number of carbonyl (C=O) groups excluding carboxylic acids is 1. The number of rotatable bonds is 12. The summed E-state index contributed by atoms with van der Waals surface area (Å²) >= 11 is 0. The number of nitrogens with zero attached hydrogens (tertiary/aromatic N) is 1. The van der Waals surface area contributed by atoms with Crippen molar-refractivity contribution >= 4 is 11.9 Å². The van der Waals surface area contributed by atoms with Gasteiger partial charge in [0.15, 0.2) is 6.10 Å². The molecule has 3 atom stereocenters. The van der Waals surface area contributed by atoms with Crippen LogP contribution < -0.4 is 0 Å². The highest BCUT2D eigenvalue weighted by molar-refractivity contribution is 5.79. The first-order chi connectivity index (χ1) is 10.6. The second-order valence-electron chi connectivity index (χ2n) is 6.06. The van der Waals surface area contributed by atoms with Gasteiger partial charge in [0.25, 0.3) is 6.29 Å². The Morgan fingerprint density at radius 3 is 2.22 bits per heavy atom. The van der Waals surface area contributed by atoms with E-state index in [9.17, 15) is 14.7 Å². The fourth-order valence-electron chi connectivity index (χ4n) is 1.37. The summed E-state index contributed by atoms with van der Waals surface area (Å²) in [5, 5.41) is 26.9. The average Bonchev–Trinajstić information content (AvgIpc) is 2.45. The third-order valence-electron chi connectivity index (χ3n) is 2.78. The molecule has 0 fully saturated rings. The number of quaternary nitrogens is 1. The molecule has 0 heterocycles. The van der Waals surface area contributed by atoms with Crippen LogP contribution in [0.5, 0.6) is 0 Å². The van der Waals surface area contributed by atoms with Crippen molar-refractivity contribution in [3.63, 3.8) is 0 Å². The van der Waals surface area contributed by atoms with E-state index in [1.54, 1.807) is 6.92 Å². The molecule has 0 saturated carbocycles. The summed E-state index contributed by atoms with van der Waals surface area (Å²) in [6.07, 6.45) is -3.82. The Kier molecular flexibility index (Phi) is 9.93. The molecule has 0 aromatic rings. The largest absolute Gasteiger partial charge is 0.479 e. The number of esters is 1. The van der Waals surface area contributed by atoms with Crippen molar-refractivity contribution in [1.82, 2.24) is 0 Å². The van der Waals surface area contributed by atoms with E-state index >= 15 is 0 Å². The van der Waals surface area contributed by atoms with Crippen LogP contribution in [0.2, 0.25) is 0 Å². The number of carboxylic acids is 1. The van der Waals surface area contributed by atoms with Gasteiger partial charge in [0.1, 0.15) is 12.6 Å². The Bertz CT molecular complexity index is 368. The lowest BCUT2D eigenvalue weighted by atomic mass is 10.3. The highest BCUT2D eigenvalue weighted by atomic mass is 16.7. The molecule has 3 N–H and O–H groups in total. The topological polar surface area (TPSA) is 123 Å². The van der Waals surface area contributed by atoms with Gasteiger partial charge in [-0.05, 0) is 6.42 Å². The molecular formula is C14H28NO8+. The first-order valence-corrected chi connectivity index (χ1v) is 7.36. The quantitative estimate of drug-likeness (QED) is 0.231. The predicted molar refractivity (Wildman–Crippen MR) is 79.5 cm³/mol. The van der Waals surface area contributed by atoms with Gasteiger partial charge in [-0.2, -0.15) is 0 Å². The maximum atomic E-state index is 12.0. The van der Waals surface area contributed by atoms with Crippen molar-refractivity contribution in [2.45, 2.75) is 31.8 Å². The molecule has 0 aromatic heterocycles. The van der Waals surface area contributed by atoms with Gasteiger partial charge in [-0.3, -0.25) is 0 Å². The molecule has 3 unspecified atom stereocenters. The van der Waals surface area contributed by atoms with E-state index in [4.69, 9.17) is 24.4 Å². The third-order valence-corrected chi connectivity index (χ3v) is 2.78. The van der Waals surface area contributed by atoms with Crippen LogP contribution in [-0.4, -0.2) is 97.7 Å². The molecule has 0 aliphatic carbocycles. The monoisotopic (exact) mass is 338 g/mol. The zero-order valence-corrected chi connectivity index (χ0v) is 14.1. The molecule has 0 aliphatic rings. The Labute approximate surface area is 135 Å². The number of carbonyl (C=O) groups is 2. The fourth-order valence-corrected chi connectivity index (χ4v) is 1.37. The molecule has 0 spiro atoms. The molecule has 0 saturated heterocycles. The van der Waals surface area contributed by atoms with Crippen molar-refractivity contribution in [3.05, 3.63) is 0 Å². The second-order valence-corrected chi connectivity index (χ2v) is 6.06. The SMILES string of the molecule is CCC(OC(=O)C(OCC[N+](C)(C)C)OCC(O)CO)C(=O)O. The van der Waals surface area contributed by atoms with Crippen LogP contribution in [0.3, 0.4) is 0 Å². The number of likely N-dealkylation sites (N-methyl/N-ethyl adjacent to an activating group) is 1. The van der Waals surface area contributed by atoms with Crippen LogP contribution in [0.25, 0.3) is 0 Å².